The Balaban J connectivity index is 2.18. The molecule has 0 amide bonds. The Hall–Kier alpha value is -1.08. The lowest BCUT2D eigenvalue weighted by Crippen LogP contribution is -2.29. The van der Waals surface area contributed by atoms with E-state index in [1.165, 1.54) is 0 Å². The maximum atomic E-state index is 11.8. The number of nitrogens with zero attached hydrogens (tertiary/aromatic N) is 2. The Morgan fingerprint density at radius 2 is 2.24 bits per heavy atom. The van der Waals surface area contributed by atoms with Crippen LogP contribution in [-0.2, 0) is 18.2 Å². The maximum Gasteiger partial charge on any atom is 0.411 e. The van der Waals surface area contributed by atoms with Crippen molar-refractivity contribution in [1.29, 1.82) is 0 Å². The third-order valence-electron chi connectivity index (χ3n) is 2.29. The van der Waals surface area contributed by atoms with E-state index in [9.17, 15) is 13.2 Å². The van der Waals surface area contributed by atoms with E-state index in [0.717, 1.165) is 5.69 Å². The average Bonchev–Trinajstić information content (AvgIpc) is 2.59. The molecule has 0 fully saturated rings. The fourth-order valence-corrected chi connectivity index (χ4v) is 1.39. The van der Waals surface area contributed by atoms with Crippen LogP contribution in [-0.4, -0.2) is 35.2 Å². The fraction of sp³-hybridized carbons (Fsp3) is 0.700. The second-order valence-corrected chi connectivity index (χ2v) is 3.88. The zero-order valence-corrected chi connectivity index (χ0v) is 9.57. The number of nitrogens with two attached hydrogens (primary N) is 1. The highest BCUT2D eigenvalue weighted by molar-refractivity contribution is 5.00. The van der Waals surface area contributed by atoms with Crippen LogP contribution in [0.2, 0.25) is 0 Å². The molecule has 0 aromatic carbocycles. The minimum atomic E-state index is -4.29. The predicted octanol–water partition coefficient (Wildman–Crippen LogP) is 1.26. The minimum absolute atomic E-state index is 0.0860. The monoisotopic (exact) mass is 251 g/mol. The first-order valence-electron chi connectivity index (χ1n) is 5.25. The largest absolute Gasteiger partial charge is 0.411 e. The molecule has 0 radical (unpaired) electrons. The lowest BCUT2D eigenvalue weighted by molar-refractivity contribution is -0.174. The molecule has 0 aliphatic rings. The Bertz CT molecular complexity index is 338. The maximum absolute atomic E-state index is 11.8. The van der Waals surface area contributed by atoms with Crippen molar-refractivity contribution in [3.63, 3.8) is 0 Å². The molecule has 1 aromatic heterocycles. The van der Waals surface area contributed by atoms with Crippen LogP contribution < -0.4 is 5.73 Å². The summed E-state index contributed by atoms with van der Waals surface area (Å²) in [6.45, 7) is -1.33. The van der Waals surface area contributed by atoms with E-state index in [1.54, 1.807) is 17.9 Å². The van der Waals surface area contributed by atoms with Gasteiger partial charge in [0.05, 0.1) is 6.61 Å². The van der Waals surface area contributed by atoms with E-state index in [1.807, 2.05) is 6.07 Å². The van der Waals surface area contributed by atoms with E-state index >= 15 is 0 Å². The van der Waals surface area contributed by atoms with Crippen molar-refractivity contribution >= 4 is 0 Å². The first kappa shape index (κ1) is 14.0. The standard InChI is InChI=1S/C10H16F3N3O/c1-16-9(4-5-15-16)3-2-8(14)6-17-7-10(11,12)13/h4-5,8H,2-3,6-7,14H2,1H3. The van der Waals surface area contributed by atoms with Crippen LogP contribution in [0.3, 0.4) is 0 Å². The molecule has 0 bridgehead atoms. The smallest absolute Gasteiger partial charge is 0.370 e. The molecular formula is C10H16F3N3O. The van der Waals surface area contributed by atoms with Gasteiger partial charge in [-0.05, 0) is 18.9 Å². The molecule has 0 aliphatic carbocycles. The van der Waals surface area contributed by atoms with Crippen molar-refractivity contribution in [2.24, 2.45) is 12.8 Å². The molecule has 1 atom stereocenters. The highest BCUT2D eigenvalue weighted by Crippen LogP contribution is 2.14. The molecule has 7 heteroatoms. The Morgan fingerprint density at radius 1 is 1.53 bits per heavy atom. The van der Waals surface area contributed by atoms with Crippen molar-refractivity contribution in [3.05, 3.63) is 18.0 Å². The van der Waals surface area contributed by atoms with Crippen LogP contribution in [0, 0.1) is 0 Å². The summed E-state index contributed by atoms with van der Waals surface area (Å²) >= 11 is 0. The van der Waals surface area contributed by atoms with Crippen LogP contribution in [0.4, 0.5) is 13.2 Å². The van der Waals surface area contributed by atoms with Crippen molar-refractivity contribution in [1.82, 2.24) is 9.78 Å². The predicted molar refractivity (Wildman–Crippen MR) is 56.4 cm³/mol. The zero-order chi connectivity index (χ0) is 12.9. The number of aryl methyl sites for hydroxylation is 2. The van der Waals surface area contributed by atoms with Gasteiger partial charge in [0.15, 0.2) is 0 Å². The van der Waals surface area contributed by atoms with Crippen molar-refractivity contribution in [2.45, 2.75) is 25.1 Å². The molecule has 1 rings (SSSR count). The molecule has 1 heterocycles. The van der Waals surface area contributed by atoms with Gasteiger partial charge < -0.3 is 10.5 Å². The van der Waals surface area contributed by atoms with E-state index in [4.69, 9.17) is 5.73 Å². The molecule has 98 valence electrons. The summed E-state index contributed by atoms with van der Waals surface area (Å²) in [6.07, 6.45) is -1.38. The van der Waals surface area contributed by atoms with Gasteiger partial charge in [0.2, 0.25) is 0 Å². The highest BCUT2D eigenvalue weighted by Gasteiger charge is 2.27. The van der Waals surface area contributed by atoms with Crippen molar-refractivity contribution < 1.29 is 17.9 Å². The van der Waals surface area contributed by atoms with E-state index in [0.29, 0.717) is 12.8 Å². The van der Waals surface area contributed by atoms with Crippen LogP contribution in [0.15, 0.2) is 12.3 Å². The molecule has 17 heavy (non-hydrogen) atoms. The van der Waals surface area contributed by atoms with E-state index in [-0.39, 0.29) is 6.61 Å². The van der Waals surface area contributed by atoms with Gasteiger partial charge in [-0.25, -0.2) is 0 Å². The third kappa shape index (κ3) is 5.69. The fourth-order valence-electron chi connectivity index (χ4n) is 1.39. The van der Waals surface area contributed by atoms with Crippen LogP contribution >= 0.6 is 0 Å². The van der Waals surface area contributed by atoms with Crippen LogP contribution in [0.1, 0.15) is 12.1 Å². The van der Waals surface area contributed by atoms with Gasteiger partial charge in [-0.3, -0.25) is 4.68 Å². The molecule has 1 unspecified atom stereocenters. The summed E-state index contributed by atoms with van der Waals surface area (Å²) in [5.41, 5.74) is 6.64. The molecule has 1 aromatic rings. The van der Waals surface area contributed by atoms with Gasteiger partial charge in [0.25, 0.3) is 0 Å². The topological polar surface area (TPSA) is 53.1 Å². The van der Waals surface area contributed by atoms with Gasteiger partial charge in [-0.2, -0.15) is 18.3 Å². The Labute approximate surface area is 97.5 Å². The van der Waals surface area contributed by atoms with Gasteiger partial charge >= 0.3 is 6.18 Å². The average molecular weight is 251 g/mol. The van der Waals surface area contributed by atoms with Crippen molar-refractivity contribution in [2.75, 3.05) is 13.2 Å². The summed E-state index contributed by atoms with van der Waals surface area (Å²) in [5, 5.41) is 3.98. The number of alkyl halides is 3. The summed E-state index contributed by atoms with van der Waals surface area (Å²) in [6, 6.07) is 1.45. The number of halogens is 3. The first-order valence-corrected chi connectivity index (χ1v) is 5.25. The summed E-state index contributed by atoms with van der Waals surface area (Å²) in [7, 11) is 1.81. The van der Waals surface area contributed by atoms with Crippen molar-refractivity contribution in [3.8, 4) is 0 Å². The second kappa shape index (κ2) is 6.02. The summed E-state index contributed by atoms with van der Waals surface area (Å²) < 4.78 is 41.6. The van der Waals surface area contributed by atoms with Gasteiger partial charge in [-0.15, -0.1) is 0 Å². The number of aromatic nitrogens is 2. The van der Waals surface area contributed by atoms with Crippen LogP contribution in [0.25, 0.3) is 0 Å². The molecule has 4 nitrogen and oxygen atoms in total. The number of hydrogen-bond donors (Lipinski definition) is 1. The molecule has 2 N–H and O–H groups in total. The molecule has 0 saturated carbocycles. The normalized spacial score (nSPS) is 13.9. The van der Waals surface area contributed by atoms with Gasteiger partial charge in [-0.1, -0.05) is 0 Å². The molecular weight excluding hydrogens is 235 g/mol. The Morgan fingerprint density at radius 3 is 2.76 bits per heavy atom. The number of hydrogen-bond acceptors (Lipinski definition) is 3. The number of rotatable bonds is 6. The van der Waals surface area contributed by atoms with Crippen LogP contribution in [0.5, 0.6) is 0 Å². The lowest BCUT2D eigenvalue weighted by atomic mass is 10.1. The highest BCUT2D eigenvalue weighted by atomic mass is 19.4. The first-order chi connectivity index (χ1) is 7.88. The molecule has 0 spiro atoms. The summed E-state index contributed by atoms with van der Waals surface area (Å²) in [5.74, 6) is 0. The SMILES string of the molecule is Cn1nccc1CCC(N)COCC(F)(F)F. The number of ether oxygens (including phenoxy) is 1. The zero-order valence-electron chi connectivity index (χ0n) is 9.57. The lowest BCUT2D eigenvalue weighted by Gasteiger charge is -2.13. The quantitative estimate of drug-likeness (QED) is 0.828. The Kier molecular flexibility index (Phi) is 4.95. The minimum Gasteiger partial charge on any atom is -0.370 e. The van der Waals surface area contributed by atoms with E-state index < -0.39 is 18.8 Å². The second-order valence-electron chi connectivity index (χ2n) is 3.88. The third-order valence-corrected chi connectivity index (χ3v) is 2.29. The van der Waals surface area contributed by atoms with Gasteiger partial charge in [0, 0.05) is 25.0 Å². The summed E-state index contributed by atoms with van der Waals surface area (Å²) in [4.78, 5) is 0. The van der Waals surface area contributed by atoms with Gasteiger partial charge in [0.1, 0.15) is 6.61 Å². The molecule has 0 saturated heterocycles. The molecule has 0 aliphatic heterocycles. The van der Waals surface area contributed by atoms with E-state index in [2.05, 4.69) is 9.84 Å².